The Balaban J connectivity index is 2.83. The third kappa shape index (κ3) is 1.72. The number of sulfone groups is 1. The van der Waals surface area contributed by atoms with Crippen LogP contribution < -0.4 is 0 Å². The molecule has 1 heterocycles. The SMILES string of the molecule is CO[C@H]1CS(=O)(=O)C[C@H]1[N+](=O)[O-]. The molecule has 12 heavy (non-hydrogen) atoms. The first-order valence-electron chi connectivity index (χ1n) is 3.33. The van der Waals surface area contributed by atoms with Gasteiger partial charge in [0.1, 0.15) is 11.9 Å². The second-order valence-electron chi connectivity index (χ2n) is 2.70. The predicted octanol–water partition coefficient (Wildman–Crippen LogP) is -0.925. The topological polar surface area (TPSA) is 86.5 Å². The summed E-state index contributed by atoms with van der Waals surface area (Å²) in [5, 5.41) is 10.3. The second kappa shape index (κ2) is 2.98. The maximum Gasteiger partial charge on any atom is 0.253 e. The van der Waals surface area contributed by atoms with E-state index in [1.165, 1.54) is 7.11 Å². The van der Waals surface area contributed by atoms with Gasteiger partial charge in [0.25, 0.3) is 6.04 Å². The highest BCUT2D eigenvalue weighted by molar-refractivity contribution is 7.91. The second-order valence-corrected chi connectivity index (χ2v) is 4.86. The van der Waals surface area contributed by atoms with E-state index in [0.29, 0.717) is 0 Å². The molecule has 0 radical (unpaired) electrons. The minimum Gasteiger partial charge on any atom is -0.373 e. The van der Waals surface area contributed by atoms with E-state index in [2.05, 4.69) is 0 Å². The van der Waals surface area contributed by atoms with E-state index in [4.69, 9.17) is 4.74 Å². The molecule has 0 aliphatic carbocycles. The molecule has 0 aromatic carbocycles. The highest BCUT2D eigenvalue weighted by Crippen LogP contribution is 2.17. The van der Waals surface area contributed by atoms with E-state index in [9.17, 15) is 18.5 Å². The Bertz CT molecular complexity index is 284. The normalized spacial score (nSPS) is 33.4. The predicted molar refractivity (Wildman–Crippen MR) is 40.2 cm³/mol. The Labute approximate surface area is 69.6 Å². The van der Waals surface area contributed by atoms with Crippen molar-refractivity contribution >= 4 is 9.84 Å². The fourth-order valence-corrected chi connectivity index (χ4v) is 3.07. The van der Waals surface area contributed by atoms with Gasteiger partial charge in [0, 0.05) is 12.0 Å². The fraction of sp³-hybridized carbons (Fsp3) is 1.00. The quantitative estimate of drug-likeness (QED) is 0.420. The highest BCUT2D eigenvalue weighted by Gasteiger charge is 2.45. The maximum atomic E-state index is 10.9. The Morgan fingerprint density at radius 2 is 2.08 bits per heavy atom. The molecule has 2 atom stereocenters. The van der Waals surface area contributed by atoms with E-state index in [1.807, 2.05) is 0 Å². The number of nitrogens with zero attached hydrogens (tertiary/aromatic N) is 1. The molecule has 0 spiro atoms. The van der Waals surface area contributed by atoms with Crippen molar-refractivity contribution in [3.05, 3.63) is 10.1 Å². The van der Waals surface area contributed by atoms with Gasteiger partial charge in [-0.25, -0.2) is 8.42 Å². The molecule has 0 N–H and O–H groups in total. The van der Waals surface area contributed by atoms with Crippen LogP contribution in [0.2, 0.25) is 0 Å². The summed E-state index contributed by atoms with van der Waals surface area (Å²) in [6.07, 6.45) is -0.787. The molecule has 6 nitrogen and oxygen atoms in total. The van der Waals surface area contributed by atoms with Crippen LogP contribution in [0.3, 0.4) is 0 Å². The number of nitro groups is 1. The number of rotatable bonds is 2. The van der Waals surface area contributed by atoms with Crippen molar-refractivity contribution in [3.63, 3.8) is 0 Å². The molecule has 1 fully saturated rings. The number of hydrogen-bond donors (Lipinski definition) is 0. The minimum absolute atomic E-state index is 0.241. The van der Waals surface area contributed by atoms with Crippen LogP contribution in [0.5, 0.6) is 0 Å². The molecular formula is C5H9NO5S. The van der Waals surface area contributed by atoms with Crippen LogP contribution in [0.4, 0.5) is 0 Å². The molecule has 1 saturated heterocycles. The van der Waals surface area contributed by atoms with Crippen LogP contribution in [0.25, 0.3) is 0 Å². The summed E-state index contributed by atoms with van der Waals surface area (Å²) in [5.41, 5.74) is 0. The molecule has 1 aliphatic heterocycles. The van der Waals surface area contributed by atoms with Crippen molar-refractivity contribution in [1.29, 1.82) is 0 Å². The van der Waals surface area contributed by atoms with Crippen LogP contribution in [0, 0.1) is 10.1 Å². The Morgan fingerprint density at radius 1 is 1.50 bits per heavy atom. The van der Waals surface area contributed by atoms with Crippen LogP contribution in [0.15, 0.2) is 0 Å². The summed E-state index contributed by atoms with van der Waals surface area (Å²) < 4.78 is 26.6. The van der Waals surface area contributed by atoms with Gasteiger partial charge >= 0.3 is 0 Å². The standard InChI is InChI=1S/C5H9NO5S/c1-11-5-3-12(9,10)2-4(5)6(7)8/h4-5H,2-3H2,1H3/t4-,5+/m1/s1. The molecule has 1 aliphatic rings. The van der Waals surface area contributed by atoms with Gasteiger partial charge in [-0.2, -0.15) is 0 Å². The van der Waals surface area contributed by atoms with Crippen molar-refractivity contribution in [1.82, 2.24) is 0 Å². The largest absolute Gasteiger partial charge is 0.373 e. The Hall–Kier alpha value is -0.690. The van der Waals surface area contributed by atoms with Gasteiger partial charge < -0.3 is 4.74 Å². The van der Waals surface area contributed by atoms with Crippen molar-refractivity contribution in [2.75, 3.05) is 18.6 Å². The summed E-state index contributed by atoms with van der Waals surface area (Å²) in [6.45, 7) is 0. The van der Waals surface area contributed by atoms with Gasteiger partial charge in [0.15, 0.2) is 9.84 Å². The number of methoxy groups -OCH3 is 1. The maximum absolute atomic E-state index is 10.9. The van der Waals surface area contributed by atoms with Gasteiger partial charge in [0.05, 0.1) is 5.75 Å². The zero-order valence-electron chi connectivity index (χ0n) is 6.47. The summed E-state index contributed by atoms with van der Waals surface area (Å²) in [5.74, 6) is -0.645. The van der Waals surface area contributed by atoms with Gasteiger partial charge in [-0.15, -0.1) is 0 Å². The third-order valence-electron chi connectivity index (χ3n) is 1.85. The molecule has 0 saturated carbocycles. The van der Waals surface area contributed by atoms with E-state index in [-0.39, 0.29) is 5.75 Å². The fourth-order valence-electron chi connectivity index (χ4n) is 1.22. The molecule has 1 rings (SSSR count). The van der Waals surface area contributed by atoms with Gasteiger partial charge in [-0.05, 0) is 0 Å². The molecule has 0 amide bonds. The Morgan fingerprint density at radius 3 is 2.42 bits per heavy atom. The summed E-state index contributed by atoms with van der Waals surface area (Å²) in [6, 6.07) is -1.10. The molecule has 0 bridgehead atoms. The number of hydrogen-bond acceptors (Lipinski definition) is 5. The van der Waals surface area contributed by atoms with Crippen molar-refractivity contribution < 1.29 is 18.1 Å². The van der Waals surface area contributed by atoms with Crippen molar-refractivity contribution in [2.45, 2.75) is 12.1 Å². The molecule has 0 aromatic heterocycles. The average molecular weight is 195 g/mol. The van der Waals surface area contributed by atoms with E-state index >= 15 is 0 Å². The van der Waals surface area contributed by atoms with E-state index in [1.54, 1.807) is 0 Å². The summed E-state index contributed by atoms with van der Waals surface area (Å²) in [7, 11) is -1.99. The molecule has 70 valence electrons. The van der Waals surface area contributed by atoms with Crippen LogP contribution in [-0.2, 0) is 14.6 Å². The zero-order valence-corrected chi connectivity index (χ0v) is 7.28. The van der Waals surface area contributed by atoms with Crippen LogP contribution in [-0.4, -0.2) is 44.1 Å². The lowest BCUT2D eigenvalue weighted by Gasteiger charge is -2.07. The van der Waals surface area contributed by atoms with E-state index < -0.39 is 32.7 Å². The molecular weight excluding hydrogens is 186 g/mol. The van der Waals surface area contributed by atoms with Gasteiger partial charge in [-0.3, -0.25) is 10.1 Å². The smallest absolute Gasteiger partial charge is 0.253 e. The summed E-state index contributed by atoms with van der Waals surface area (Å²) >= 11 is 0. The van der Waals surface area contributed by atoms with Crippen molar-refractivity contribution in [3.8, 4) is 0 Å². The number of ether oxygens (including phenoxy) is 1. The lowest BCUT2D eigenvalue weighted by Crippen LogP contribution is -2.33. The average Bonchev–Trinajstić information content (AvgIpc) is 2.25. The van der Waals surface area contributed by atoms with Crippen LogP contribution >= 0.6 is 0 Å². The van der Waals surface area contributed by atoms with Gasteiger partial charge in [-0.1, -0.05) is 0 Å². The minimum atomic E-state index is -3.27. The first-order chi connectivity index (χ1) is 5.46. The molecule has 0 aromatic rings. The van der Waals surface area contributed by atoms with Crippen molar-refractivity contribution in [2.24, 2.45) is 0 Å². The summed E-state index contributed by atoms with van der Waals surface area (Å²) in [4.78, 5) is 9.72. The third-order valence-corrected chi connectivity index (χ3v) is 3.53. The van der Waals surface area contributed by atoms with Gasteiger partial charge in [0.2, 0.25) is 0 Å². The zero-order chi connectivity index (χ0) is 9.35. The first-order valence-corrected chi connectivity index (χ1v) is 5.15. The lowest BCUT2D eigenvalue weighted by molar-refractivity contribution is -0.526. The molecule has 7 heteroatoms. The van der Waals surface area contributed by atoms with E-state index in [0.717, 1.165) is 0 Å². The van der Waals surface area contributed by atoms with Crippen LogP contribution in [0.1, 0.15) is 0 Å². The monoisotopic (exact) mass is 195 g/mol. The highest BCUT2D eigenvalue weighted by atomic mass is 32.2. The Kier molecular flexibility index (Phi) is 2.34. The molecule has 0 unspecified atom stereocenters. The lowest BCUT2D eigenvalue weighted by atomic mass is 10.2. The first kappa shape index (κ1) is 9.40.